The summed E-state index contributed by atoms with van der Waals surface area (Å²) in [4.78, 5) is 38.8. The summed E-state index contributed by atoms with van der Waals surface area (Å²) in [6.45, 7) is 11.5. The van der Waals surface area contributed by atoms with E-state index in [1.54, 1.807) is 11.8 Å². The van der Waals surface area contributed by atoms with Crippen LogP contribution in [0.15, 0.2) is 23.2 Å². The highest BCUT2D eigenvalue weighted by atomic mass is 32.2. The lowest BCUT2D eigenvalue weighted by Crippen LogP contribution is -2.43. The minimum Gasteiger partial charge on any atom is -0.481 e. The van der Waals surface area contributed by atoms with Gasteiger partial charge in [0.25, 0.3) is 5.91 Å². The molecule has 0 aliphatic carbocycles. The molecule has 3 aliphatic heterocycles. The highest BCUT2D eigenvalue weighted by Crippen LogP contribution is 2.31. The first-order valence-corrected chi connectivity index (χ1v) is 12.8. The molecular weight excluding hydrogens is 440 g/mol. The third-order valence-electron chi connectivity index (χ3n) is 6.32. The number of ketones is 1. The summed E-state index contributed by atoms with van der Waals surface area (Å²) in [5.41, 5.74) is 1.42. The number of aromatic nitrogens is 2. The fourth-order valence-electron chi connectivity index (χ4n) is 4.64. The maximum Gasteiger partial charge on any atom is 0.289 e. The highest BCUT2D eigenvalue weighted by Gasteiger charge is 2.35. The van der Waals surface area contributed by atoms with Crippen LogP contribution in [0.1, 0.15) is 50.3 Å². The first-order valence-electron chi connectivity index (χ1n) is 11.8. The Morgan fingerprint density at radius 2 is 2.06 bits per heavy atom. The summed E-state index contributed by atoms with van der Waals surface area (Å²) in [7, 11) is 0. The molecule has 180 valence electrons. The molecule has 1 atom stereocenters. The number of amides is 1. The molecule has 3 aliphatic rings. The number of likely N-dealkylation sites (tertiary alicyclic amines) is 1. The minimum absolute atomic E-state index is 0.0615. The van der Waals surface area contributed by atoms with Crippen LogP contribution in [-0.4, -0.2) is 88.7 Å². The number of aryl methyl sites for hydroxylation is 1. The second-order valence-electron chi connectivity index (χ2n) is 9.63. The third-order valence-corrected chi connectivity index (χ3v) is 7.16. The van der Waals surface area contributed by atoms with Crippen LogP contribution in [-0.2, 0) is 19.1 Å². The number of carbonyl (C=O) groups is 2. The van der Waals surface area contributed by atoms with E-state index in [0.717, 1.165) is 67.9 Å². The topological polar surface area (TPSA) is 84.9 Å². The number of thioether (sulfide) groups is 1. The van der Waals surface area contributed by atoms with Gasteiger partial charge in [-0.3, -0.25) is 14.5 Å². The zero-order valence-corrected chi connectivity index (χ0v) is 20.7. The molecule has 4 heterocycles. The van der Waals surface area contributed by atoms with Crippen LogP contribution in [0.4, 0.5) is 0 Å². The minimum atomic E-state index is -0.650. The van der Waals surface area contributed by atoms with Gasteiger partial charge in [0.1, 0.15) is 5.60 Å². The predicted molar refractivity (Wildman–Crippen MR) is 126 cm³/mol. The Labute approximate surface area is 200 Å². The van der Waals surface area contributed by atoms with Gasteiger partial charge in [0, 0.05) is 63.1 Å². The monoisotopic (exact) mass is 474 g/mol. The van der Waals surface area contributed by atoms with Gasteiger partial charge in [-0.1, -0.05) is 11.8 Å². The summed E-state index contributed by atoms with van der Waals surface area (Å²) >= 11 is 1.68. The van der Waals surface area contributed by atoms with Crippen LogP contribution in [0.5, 0.6) is 0 Å². The normalized spacial score (nSPS) is 23.7. The first kappa shape index (κ1) is 24.2. The maximum absolute atomic E-state index is 13.1. The zero-order valence-electron chi connectivity index (χ0n) is 19.8. The van der Waals surface area contributed by atoms with Gasteiger partial charge in [-0.25, -0.2) is 9.97 Å². The van der Waals surface area contributed by atoms with Crippen molar-refractivity contribution in [2.45, 2.75) is 56.7 Å². The summed E-state index contributed by atoms with van der Waals surface area (Å²) < 4.78 is 11.3. The Morgan fingerprint density at radius 3 is 2.82 bits per heavy atom. The van der Waals surface area contributed by atoms with E-state index in [1.807, 2.05) is 31.9 Å². The SMILES string of the molecule is Cc1cnc(SCCN2CCOCC2)nc1C1CCCN(C(=O)C2=CC(=O)CC(C)(C)O2)C1. The van der Waals surface area contributed by atoms with Gasteiger partial charge in [-0.15, -0.1) is 0 Å². The van der Waals surface area contributed by atoms with Gasteiger partial charge in [0.15, 0.2) is 16.7 Å². The van der Waals surface area contributed by atoms with E-state index in [-0.39, 0.29) is 23.4 Å². The maximum atomic E-state index is 13.1. The van der Waals surface area contributed by atoms with E-state index in [4.69, 9.17) is 14.5 Å². The van der Waals surface area contributed by atoms with E-state index < -0.39 is 5.60 Å². The molecule has 1 unspecified atom stereocenters. The number of hydrogen-bond acceptors (Lipinski definition) is 8. The lowest BCUT2D eigenvalue weighted by atomic mass is 9.92. The van der Waals surface area contributed by atoms with E-state index in [2.05, 4.69) is 9.88 Å². The number of hydrogen-bond donors (Lipinski definition) is 0. The van der Waals surface area contributed by atoms with E-state index in [0.29, 0.717) is 19.5 Å². The Morgan fingerprint density at radius 1 is 1.27 bits per heavy atom. The molecule has 8 nitrogen and oxygen atoms in total. The van der Waals surface area contributed by atoms with E-state index in [9.17, 15) is 9.59 Å². The highest BCUT2D eigenvalue weighted by molar-refractivity contribution is 7.99. The molecule has 0 bridgehead atoms. The summed E-state index contributed by atoms with van der Waals surface area (Å²) in [6.07, 6.45) is 5.41. The molecule has 0 spiro atoms. The molecule has 1 aromatic rings. The third kappa shape index (κ3) is 6.33. The lowest BCUT2D eigenvalue weighted by molar-refractivity contribution is -0.139. The van der Waals surface area contributed by atoms with E-state index >= 15 is 0 Å². The van der Waals surface area contributed by atoms with Crippen LogP contribution in [0.25, 0.3) is 0 Å². The van der Waals surface area contributed by atoms with Gasteiger partial charge in [0.2, 0.25) is 0 Å². The molecule has 0 radical (unpaired) electrons. The molecular formula is C24H34N4O4S. The Hall–Kier alpha value is -1.97. The number of nitrogens with zero attached hydrogens (tertiary/aromatic N) is 4. The molecule has 1 aromatic heterocycles. The van der Waals surface area contributed by atoms with Gasteiger partial charge in [0.05, 0.1) is 18.9 Å². The number of carbonyl (C=O) groups excluding carboxylic acids is 2. The van der Waals surface area contributed by atoms with Crippen molar-refractivity contribution in [3.63, 3.8) is 0 Å². The zero-order chi connectivity index (χ0) is 23.4. The largest absolute Gasteiger partial charge is 0.481 e. The van der Waals surface area contributed by atoms with Crippen LogP contribution in [0.3, 0.4) is 0 Å². The van der Waals surface area contributed by atoms with Crippen LogP contribution < -0.4 is 0 Å². The van der Waals surface area contributed by atoms with Gasteiger partial charge < -0.3 is 14.4 Å². The van der Waals surface area contributed by atoms with Gasteiger partial charge in [-0.05, 0) is 39.2 Å². The number of allylic oxidation sites excluding steroid dienone is 1. The molecule has 1 amide bonds. The molecule has 2 saturated heterocycles. The molecule has 0 N–H and O–H groups in total. The molecule has 33 heavy (non-hydrogen) atoms. The van der Waals surface area contributed by atoms with Crippen molar-refractivity contribution < 1.29 is 19.1 Å². The van der Waals surface area contributed by atoms with Gasteiger partial charge >= 0.3 is 0 Å². The fourth-order valence-corrected chi connectivity index (χ4v) is 5.46. The van der Waals surface area contributed by atoms with E-state index in [1.165, 1.54) is 6.08 Å². The number of piperidine rings is 1. The fraction of sp³-hybridized carbons (Fsp3) is 0.667. The molecule has 0 saturated carbocycles. The number of ether oxygens (including phenoxy) is 2. The molecule has 4 rings (SSSR count). The summed E-state index contributed by atoms with van der Waals surface area (Å²) in [5.74, 6) is 0.988. The lowest BCUT2D eigenvalue weighted by Gasteiger charge is -2.36. The Kier molecular flexibility index (Phi) is 7.71. The summed E-state index contributed by atoms with van der Waals surface area (Å²) in [5, 5.41) is 0.790. The van der Waals surface area contributed by atoms with Crippen LogP contribution in [0.2, 0.25) is 0 Å². The molecule has 0 aromatic carbocycles. The van der Waals surface area contributed by atoms with Gasteiger partial charge in [-0.2, -0.15) is 0 Å². The standard InChI is InChI=1S/C24H34N4O4S/c1-17-15-25-23(33-12-9-27-7-10-31-11-8-27)26-21(17)18-5-4-6-28(16-18)22(30)20-13-19(29)14-24(2,3)32-20/h13,15,18H,4-12,14,16H2,1-3H3. The quantitative estimate of drug-likeness (QED) is 0.459. The Bertz CT molecular complexity index is 914. The van der Waals surface area contributed by atoms with Crippen molar-refractivity contribution in [3.05, 3.63) is 29.3 Å². The van der Waals surface area contributed by atoms with Crippen LogP contribution >= 0.6 is 11.8 Å². The molecule has 9 heteroatoms. The average molecular weight is 475 g/mol. The first-order chi connectivity index (χ1) is 15.8. The number of rotatable bonds is 6. The Balaban J connectivity index is 1.39. The second-order valence-corrected chi connectivity index (χ2v) is 10.7. The van der Waals surface area contributed by atoms with Crippen molar-refractivity contribution in [2.75, 3.05) is 51.7 Å². The summed E-state index contributed by atoms with van der Waals surface area (Å²) in [6, 6.07) is 0. The van der Waals surface area contributed by atoms with Crippen molar-refractivity contribution in [3.8, 4) is 0 Å². The van der Waals surface area contributed by atoms with Crippen molar-refractivity contribution in [1.29, 1.82) is 0 Å². The average Bonchev–Trinajstić information content (AvgIpc) is 2.79. The predicted octanol–water partition coefficient (Wildman–Crippen LogP) is 2.57. The van der Waals surface area contributed by atoms with Crippen molar-refractivity contribution in [2.24, 2.45) is 0 Å². The van der Waals surface area contributed by atoms with Crippen molar-refractivity contribution >= 4 is 23.5 Å². The second kappa shape index (κ2) is 10.5. The van der Waals surface area contributed by atoms with Crippen LogP contribution in [0, 0.1) is 6.92 Å². The van der Waals surface area contributed by atoms with Crippen molar-refractivity contribution in [1.82, 2.24) is 19.8 Å². The smallest absolute Gasteiger partial charge is 0.289 e. The number of morpholine rings is 1. The molecule has 2 fully saturated rings.